The van der Waals surface area contributed by atoms with Gasteiger partial charge in [-0.25, -0.2) is 8.42 Å². The van der Waals surface area contributed by atoms with E-state index in [1.165, 1.54) is 18.6 Å². The average molecular weight is 417 g/mol. The van der Waals surface area contributed by atoms with Gasteiger partial charge >= 0.3 is 0 Å². The molecule has 0 unspecified atom stereocenters. The molecule has 0 aliphatic heterocycles. The first-order valence-electron chi connectivity index (χ1n) is 10.1. The summed E-state index contributed by atoms with van der Waals surface area (Å²) in [6.45, 7) is 4.54. The van der Waals surface area contributed by atoms with Crippen LogP contribution in [0.15, 0.2) is 53.4 Å². The van der Waals surface area contributed by atoms with Gasteiger partial charge in [-0.05, 0) is 68.1 Å². The molecule has 2 N–H and O–H groups in total. The van der Waals surface area contributed by atoms with Gasteiger partial charge in [0.25, 0.3) is 15.9 Å². The number of benzene rings is 2. The summed E-state index contributed by atoms with van der Waals surface area (Å²) in [6, 6.07) is 13.0. The van der Waals surface area contributed by atoms with Gasteiger partial charge in [0.2, 0.25) is 0 Å². The lowest BCUT2D eigenvalue weighted by Gasteiger charge is -2.29. The fraction of sp³-hybridized carbons (Fsp3) is 0.409. The van der Waals surface area contributed by atoms with Crippen LogP contribution >= 0.6 is 0 Å². The van der Waals surface area contributed by atoms with Gasteiger partial charge in [0, 0.05) is 17.3 Å². The van der Waals surface area contributed by atoms with Crippen molar-refractivity contribution in [2.45, 2.75) is 50.5 Å². The first kappa shape index (κ1) is 21.2. The van der Waals surface area contributed by atoms with Crippen molar-refractivity contribution in [2.24, 2.45) is 5.92 Å². The predicted molar refractivity (Wildman–Crippen MR) is 114 cm³/mol. The molecule has 2 aromatic rings. The summed E-state index contributed by atoms with van der Waals surface area (Å²) in [7, 11) is -3.76. The second-order valence-corrected chi connectivity index (χ2v) is 9.11. The topological polar surface area (TPSA) is 84.5 Å². The SMILES string of the molecule is CCOc1ccc(S(=O)(=O)Nc2cccc(C(=O)N[C@H]3CCCC[C@@H]3C)c2)cc1. The van der Waals surface area contributed by atoms with Crippen molar-refractivity contribution in [3.63, 3.8) is 0 Å². The third kappa shape index (κ3) is 5.50. The minimum atomic E-state index is -3.76. The Bertz CT molecular complexity index is 942. The molecule has 0 heterocycles. The summed E-state index contributed by atoms with van der Waals surface area (Å²) in [5.41, 5.74) is 0.790. The highest BCUT2D eigenvalue weighted by atomic mass is 32.2. The van der Waals surface area contributed by atoms with Crippen molar-refractivity contribution in [1.29, 1.82) is 0 Å². The molecule has 0 spiro atoms. The van der Waals surface area contributed by atoms with E-state index in [1.54, 1.807) is 36.4 Å². The van der Waals surface area contributed by atoms with Crippen LogP contribution in [0.25, 0.3) is 0 Å². The Kier molecular flexibility index (Phi) is 6.79. The first-order valence-corrected chi connectivity index (χ1v) is 11.5. The highest BCUT2D eigenvalue weighted by Crippen LogP contribution is 2.24. The highest BCUT2D eigenvalue weighted by Gasteiger charge is 2.23. The van der Waals surface area contributed by atoms with Crippen molar-refractivity contribution in [3.8, 4) is 5.75 Å². The van der Waals surface area contributed by atoms with Crippen LogP contribution < -0.4 is 14.8 Å². The van der Waals surface area contributed by atoms with Gasteiger partial charge in [0.05, 0.1) is 11.5 Å². The minimum Gasteiger partial charge on any atom is -0.494 e. The Balaban J connectivity index is 1.70. The number of anilines is 1. The van der Waals surface area contributed by atoms with E-state index >= 15 is 0 Å². The van der Waals surface area contributed by atoms with Gasteiger partial charge in [-0.3, -0.25) is 9.52 Å². The molecule has 1 saturated carbocycles. The van der Waals surface area contributed by atoms with E-state index in [4.69, 9.17) is 4.74 Å². The molecule has 156 valence electrons. The van der Waals surface area contributed by atoms with Crippen LogP contribution in [-0.2, 0) is 10.0 Å². The molecule has 1 fully saturated rings. The minimum absolute atomic E-state index is 0.131. The predicted octanol–water partition coefficient (Wildman–Crippen LogP) is 4.19. The number of sulfonamides is 1. The zero-order valence-corrected chi connectivity index (χ0v) is 17.7. The lowest BCUT2D eigenvalue weighted by molar-refractivity contribution is 0.0910. The maximum absolute atomic E-state index is 12.7. The van der Waals surface area contributed by atoms with E-state index in [1.807, 2.05) is 6.92 Å². The number of nitrogens with one attached hydrogen (secondary N) is 2. The van der Waals surface area contributed by atoms with Crippen LogP contribution in [0, 0.1) is 5.92 Å². The maximum atomic E-state index is 12.7. The van der Waals surface area contributed by atoms with Crippen molar-refractivity contribution in [3.05, 3.63) is 54.1 Å². The number of amides is 1. The quantitative estimate of drug-likeness (QED) is 0.709. The van der Waals surface area contributed by atoms with Crippen LogP contribution in [0.2, 0.25) is 0 Å². The maximum Gasteiger partial charge on any atom is 0.261 e. The number of hydrogen-bond acceptors (Lipinski definition) is 4. The molecule has 3 rings (SSSR count). The van der Waals surface area contributed by atoms with Gasteiger partial charge in [0.15, 0.2) is 0 Å². The highest BCUT2D eigenvalue weighted by molar-refractivity contribution is 7.92. The molecule has 2 atom stereocenters. The summed E-state index contributed by atoms with van der Waals surface area (Å²) >= 11 is 0. The third-order valence-electron chi connectivity index (χ3n) is 5.25. The number of carbonyl (C=O) groups excluding carboxylic acids is 1. The van der Waals surface area contributed by atoms with Crippen molar-refractivity contribution in [1.82, 2.24) is 5.32 Å². The summed E-state index contributed by atoms with van der Waals surface area (Å²) in [5.74, 6) is 0.891. The molecular weight excluding hydrogens is 388 g/mol. The molecule has 0 saturated heterocycles. The molecular formula is C22H28N2O4S. The van der Waals surface area contributed by atoms with Gasteiger partial charge < -0.3 is 10.1 Å². The lowest BCUT2D eigenvalue weighted by atomic mass is 9.86. The Morgan fingerprint density at radius 1 is 1.10 bits per heavy atom. The van der Waals surface area contributed by atoms with Gasteiger partial charge in [-0.1, -0.05) is 25.8 Å². The molecule has 0 radical (unpaired) electrons. The fourth-order valence-electron chi connectivity index (χ4n) is 3.60. The van der Waals surface area contributed by atoms with Crippen LogP contribution in [0.3, 0.4) is 0 Å². The second kappa shape index (κ2) is 9.31. The Morgan fingerprint density at radius 3 is 2.52 bits per heavy atom. The summed E-state index contributed by atoms with van der Waals surface area (Å²) in [6.07, 6.45) is 4.43. The normalized spacial score (nSPS) is 19.4. The zero-order chi connectivity index (χ0) is 20.9. The third-order valence-corrected chi connectivity index (χ3v) is 6.65. The number of ether oxygens (including phenoxy) is 1. The molecule has 1 amide bonds. The largest absolute Gasteiger partial charge is 0.494 e. The number of rotatable bonds is 7. The second-order valence-electron chi connectivity index (χ2n) is 7.43. The van der Waals surface area contributed by atoms with Crippen molar-refractivity contribution >= 4 is 21.6 Å². The summed E-state index contributed by atoms with van der Waals surface area (Å²) in [5, 5.41) is 3.09. The van der Waals surface area contributed by atoms with Gasteiger partial charge in [-0.15, -0.1) is 0 Å². The van der Waals surface area contributed by atoms with Crippen molar-refractivity contribution < 1.29 is 17.9 Å². The van der Waals surface area contributed by atoms with Crippen molar-refractivity contribution in [2.75, 3.05) is 11.3 Å². The van der Waals surface area contributed by atoms with E-state index in [0.717, 1.165) is 19.3 Å². The molecule has 7 heteroatoms. The van der Waals surface area contributed by atoms with E-state index in [2.05, 4.69) is 17.0 Å². The molecule has 2 aromatic carbocycles. The zero-order valence-electron chi connectivity index (χ0n) is 16.9. The lowest BCUT2D eigenvalue weighted by Crippen LogP contribution is -2.41. The smallest absolute Gasteiger partial charge is 0.261 e. The van der Waals surface area contributed by atoms with E-state index in [-0.39, 0.29) is 16.8 Å². The molecule has 1 aliphatic rings. The van der Waals surface area contributed by atoms with Crippen LogP contribution in [-0.4, -0.2) is 27.0 Å². The summed E-state index contributed by atoms with van der Waals surface area (Å²) < 4.78 is 33.2. The molecule has 0 aromatic heterocycles. The molecule has 29 heavy (non-hydrogen) atoms. The van der Waals surface area contributed by atoms with E-state index in [0.29, 0.717) is 29.5 Å². The van der Waals surface area contributed by atoms with Gasteiger partial charge in [-0.2, -0.15) is 0 Å². The van der Waals surface area contributed by atoms with Crippen LogP contribution in [0.5, 0.6) is 5.75 Å². The fourth-order valence-corrected chi connectivity index (χ4v) is 4.65. The van der Waals surface area contributed by atoms with E-state index < -0.39 is 10.0 Å². The summed E-state index contributed by atoms with van der Waals surface area (Å²) in [4.78, 5) is 12.8. The Hall–Kier alpha value is -2.54. The Labute approximate surface area is 172 Å². The van der Waals surface area contributed by atoms with Crippen LogP contribution in [0.1, 0.15) is 49.9 Å². The average Bonchev–Trinajstić information content (AvgIpc) is 2.70. The molecule has 0 bridgehead atoms. The van der Waals surface area contributed by atoms with Gasteiger partial charge in [0.1, 0.15) is 5.75 Å². The standard InChI is InChI=1S/C22H28N2O4S/c1-3-28-19-11-13-20(14-12-19)29(26,27)24-18-9-6-8-17(15-18)22(25)23-21-10-5-4-7-16(21)2/h6,8-9,11-16,21,24H,3-5,7,10H2,1-2H3,(H,23,25)/t16-,21-/m0/s1. The first-order chi connectivity index (χ1) is 13.9. The molecule has 6 nitrogen and oxygen atoms in total. The Morgan fingerprint density at radius 2 is 1.83 bits per heavy atom. The number of hydrogen-bond donors (Lipinski definition) is 2. The number of carbonyl (C=O) groups is 1. The molecule has 1 aliphatic carbocycles. The monoisotopic (exact) mass is 416 g/mol. The van der Waals surface area contributed by atoms with Crippen LogP contribution in [0.4, 0.5) is 5.69 Å². The van der Waals surface area contributed by atoms with E-state index in [9.17, 15) is 13.2 Å².